The van der Waals surface area contributed by atoms with Crippen LogP contribution in [0.1, 0.15) is 20.8 Å². The second-order valence-electron chi connectivity index (χ2n) is 6.70. The molecular weight excluding hydrogens is 328 g/mol. The van der Waals surface area contributed by atoms with E-state index in [9.17, 15) is 0 Å². The minimum atomic E-state index is 0.214. The fourth-order valence-corrected chi connectivity index (χ4v) is 2.73. The van der Waals surface area contributed by atoms with E-state index in [1.807, 2.05) is 13.0 Å². The van der Waals surface area contributed by atoms with Crippen molar-refractivity contribution in [3.8, 4) is 0 Å². The Morgan fingerprint density at radius 3 is 2.04 bits per heavy atom. The van der Waals surface area contributed by atoms with Gasteiger partial charge in [0.05, 0.1) is 6.61 Å². The second kappa shape index (κ2) is 9.06. The normalized spacial score (nSPS) is 27.6. The Labute approximate surface area is 156 Å². The van der Waals surface area contributed by atoms with Crippen LogP contribution in [0, 0.1) is 11.8 Å². The van der Waals surface area contributed by atoms with Gasteiger partial charge >= 0.3 is 0 Å². The number of epoxide rings is 1. The van der Waals surface area contributed by atoms with E-state index in [2.05, 4.69) is 56.4 Å². The highest BCUT2D eigenvalue weighted by atomic mass is 16.7. The van der Waals surface area contributed by atoms with E-state index >= 15 is 0 Å². The van der Waals surface area contributed by atoms with Crippen molar-refractivity contribution in [2.24, 2.45) is 11.8 Å². The number of allylic oxidation sites excluding steroid dienone is 10. The summed E-state index contributed by atoms with van der Waals surface area (Å²) in [5.41, 5.74) is 2.31. The van der Waals surface area contributed by atoms with Gasteiger partial charge in [0.25, 0.3) is 0 Å². The molecule has 0 aromatic heterocycles. The minimum absolute atomic E-state index is 0.214. The van der Waals surface area contributed by atoms with Crippen LogP contribution in [-0.4, -0.2) is 32.7 Å². The first-order valence-corrected chi connectivity index (χ1v) is 9.33. The Morgan fingerprint density at radius 2 is 1.50 bits per heavy atom. The summed E-state index contributed by atoms with van der Waals surface area (Å²) in [6, 6.07) is 0. The van der Waals surface area contributed by atoms with Gasteiger partial charge in [-0.05, 0) is 30.2 Å². The summed E-state index contributed by atoms with van der Waals surface area (Å²) in [6.45, 7) is 8.62. The molecule has 1 saturated heterocycles. The molecule has 0 N–H and O–H groups in total. The van der Waals surface area contributed by atoms with E-state index in [1.165, 1.54) is 0 Å². The SMILES string of the molecule is CCOCOC1=CC=C(C2=CC=C(OCC3CO3)C(C)C=C2)C=CC1C. The monoisotopic (exact) mass is 356 g/mol. The zero-order valence-electron chi connectivity index (χ0n) is 15.8. The number of hydrogen-bond acceptors (Lipinski definition) is 4. The molecule has 0 saturated carbocycles. The molecule has 0 radical (unpaired) electrons. The van der Waals surface area contributed by atoms with Gasteiger partial charge in [0, 0.05) is 18.4 Å². The molecule has 1 heterocycles. The van der Waals surface area contributed by atoms with Gasteiger partial charge in [0.2, 0.25) is 0 Å². The van der Waals surface area contributed by atoms with Crippen LogP contribution in [-0.2, 0) is 18.9 Å². The van der Waals surface area contributed by atoms with Crippen molar-refractivity contribution in [3.63, 3.8) is 0 Å². The smallest absolute Gasteiger partial charge is 0.188 e. The third-order valence-electron chi connectivity index (χ3n) is 4.57. The molecule has 0 amide bonds. The first-order valence-electron chi connectivity index (χ1n) is 9.33. The minimum Gasteiger partial charge on any atom is -0.495 e. The van der Waals surface area contributed by atoms with Gasteiger partial charge in [-0.25, -0.2) is 0 Å². The average molecular weight is 356 g/mol. The molecular formula is C22H28O4. The molecule has 0 aromatic carbocycles. The van der Waals surface area contributed by atoms with Gasteiger partial charge in [0.15, 0.2) is 6.79 Å². The Hall–Kier alpha value is -2.04. The second-order valence-corrected chi connectivity index (χ2v) is 6.70. The molecule has 1 fully saturated rings. The van der Waals surface area contributed by atoms with Crippen LogP contribution in [0.4, 0.5) is 0 Å². The molecule has 3 atom stereocenters. The predicted molar refractivity (Wildman–Crippen MR) is 102 cm³/mol. The summed E-state index contributed by atoms with van der Waals surface area (Å²) >= 11 is 0. The van der Waals surface area contributed by atoms with E-state index in [0.29, 0.717) is 13.2 Å². The van der Waals surface area contributed by atoms with Crippen molar-refractivity contribution in [1.82, 2.24) is 0 Å². The maximum absolute atomic E-state index is 5.91. The lowest BCUT2D eigenvalue weighted by molar-refractivity contribution is -0.0232. The fourth-order valence-electron chi connectivity index (χ4n) is 2.73. The van der Waals surface area contributed by atoms with Gasteiger partial charge in [-0.15, -0.1) is 0 Å². The van der Waals surface area contributed by atoms with Gasteiger partial charge in [-0.1, -0.05) is 50.3 Å². The van der Waals surface area contributed by atoms with E-state index in [1.54, 1.807) is 0 Å². The summed E-state index contributed by atoms with van der Waals surface area (Å²) < 4.78 is 22.1. The lowest BCUT2D eigenvalue weighted by Gasteiger charge is -2.12. The highest BCUT2D eigenvalue weighted by Gasteiger charge is 2.24. The predicted octanol–water partition coefficient (Wildman–Crippen LogP) is 4.44. The third-order valence-corrected chi connectivity index (χ3v) is 4.57. The lowest BCUT2D eigenvalue weighted by Crippen LogP contribution is -2.06. The van der Waals surface area contributed by atoms with E-state index in [-0.39, 0.29) is 24.7 Å². The molecule has 0 aromatic rings. The van der Waals surface area contributed by atoms with E-state index in [4.69, 9.17) is 18.9 Å². The summed E-state index contributed by atoms with van der Waals surface area (Å²) in [5.74, 6) is 2.36. The molecule has 3 unspecified atom stereocenters. The number of ether oxygens (including phenoxy) is 4. The topological polar surface area (TPSA) is 40.2 Å². The van der Waals surface area contributed by atoms with Crippen LogP contribution in [0.25, 0.3) is 0 Å². The quantitative estimate of drug-likeness (QED) is 0.366. The number of rotatable bonds is 8. The van der Waals surface area contributed by atoms with Crippen LogP contribution in [0.15, 0.2) is 71.3 Å². The molecule has 1 aliphatic heterocycles. The van der Waals surface area contributed by atoms with E-state index < -0.39 is 0 Å². The molecule has 4 heteroatoms. The third kappa shape index (κ3) is 5.23. The van der Waals surface area contributed by atoms with Crippen LogP contribution in [0.5, 0.6) is 0 Å². The standard InChI is InChI=1S/C22H28O4/c1-4-23-15-26-22-12-10-19(8-6-17(22)3)18-7-5-16(2)21(11-9-18)25-14-20-13-24-20/h5-12,16-17,20H,4,13-15H2,1-3H3. The lowest BCUT2D eigenvalue weighted by atomic mass is 10.0. The molecule has 26 heavy (non-hydrogen) atoms. The summed E-state index contributed by atoms with van der Waals surface area (Å²) in [5, 5.41) is 0. The highest BCUT2D eigenvalue weighted by Crippen LogP contribution is 2.27. The fraction of sp³-hybridized carbons (Fsp3) is 0.455. The zero-order valence-corrected chi connectivity index (χ0v) is 15.8. The van der Waals surface area contributed by atoms with Crippen LogP contribution in [0.2, 0.25) is 0 Å². The highest BCUT2D eigenvalue weighted by molar-refractivity contribution is 5.52. The van der Waals surface area contributed by atoms with Crippen molar-refractivity contribution < 1.29 is 18.9 Å². The molecule has 4 nitrogen and oxygen atoms in total. The van der Waals surface area contributed by atoms with Crippen molar-refractivity contribution in [3.05, 3.63) is 71.3 Å². The summed E-state index contributed by atoms with van der Waals surface area (Å²) in [6.07, 6.45) is 17.2. The van der Waals surface area contributed by atoms with Crippen LogP contribution < -0.4 is 0 Å². The Kier molecular flexibility index (Phi) is 6.53. The average Bonchev–Trinajstić information content (AvgIpc) is 3.47. The van der Waals surface area contributed by atoms with Crippen molar-refractivity contribution in [2.75, 3.05) is 26.6 Å². The molecule has 0 spiro atoms. The zero-order chi connectivity index (χ0) is 18.4. The first kappa shape index (κ1) is 18.7. The van der Waals surface area contributed by atoms with Crippen LogP contribution in [0.3, 0.4) is 0 Å². The van der Waals surface area contributed by atoms with Gasteiger partial charge in [-0.2, -0.15) is 0 Å². The Bertz CT molecular complexity index is 674. The maximum atomic E-state index is 5.91. The van der Waals surface area contributed by atoms with E-state index in [0.717, 1.165) is 29.3 Å². The Morgan fingerprint density at radius 1 is 0.923 bits per heavy atom. The largest absolute Gasteiger partial charge is 0.495 e. The molecule has 3 rings (SSSR count). The first-order chi connectivity index (χ1) is 12.7. The van der Waals surface area contributed by atoms with Gasteiger partial charge in [-0.3, -0.25) is 0 Å². The molecule has 140 valence electrons. The summed E-state index contributed by atoms with van der Waals surface area (Å²) in [4.78, 5) is 0. The molecule has 2 aliphatic carbocycles. The molecule has 0 bridgehead atoms. The van der Waals surface area contributed by atoms with Crippen molar-refractivity contribution in [2.45, 2.75) is 26.9 Å². The number of hydrogen-bond donors (Lipinski definition) is 0. The van der Waals surface area contributed by atoms with Gasteiger partial charge < -0.3 is 18.9 Å². The summed E-state index contributed by atoms with van der Waals surface area (Å²) in [7, 11) is 0. The maximum Gasteiger partial charge on any atom is 0.188 e. The van der Waals surface area contributed by atoms with Crippen LogP contribution >= 0.6 is 0 Å². The van der Waals surface area contributed by atoms with Crippen molar-refractivity contribution in [1.29, 1.82) is 0 Å². The van der Waals surface area contributed by atoms with Crippen molar-refractivity contribution >= 4 is 0 Å². The molecule has 3 aliphatic rings. The van der Waals surface area contributed by atoms with Gasteiger partial charge in [0.1, 0.15) is 24.2 Å². The Balaban J connectivity index is 1.72.